The molecule has 0 aromatic heterocycles. The molecular formula is C14H17NO. The maximum atomic E-state index is 8.86. The fourth-order valence-electron chi connectivity index (χ4n) is 2.18. The van der Waals surface area contributed by atoms with Gasteiger partial charge in [0, 0.05) is 6.42 Å². The Morgan fingerprint density at radius 1 is 1.31 bits per heavy atom. The minimum Gasteiger partial charge on any atom is -0.379 e. The third kappa shape index (κ3) is 1.96. The smallest absolute Gasteiger partial charge is 0.0632 e. The Hall–Kier alpha value is -1.33. The minimum atomic E-state index is -0.0283. The van der Waals surface area contributed by atoms with Crippen molar-refractivity contribution in [1.82, 2.24) is 0 Å². The van der Waals surface area contributed by atoms with Crippen LogP contribution in [-0.4, -0.2) is 13.2 Å². The van der Waals surface area contributed by atoms with Gasteiger partial charge in [0.1, 0.15) is 0 Å². The van der Waals surface area contributed by atoms with E-state index in [1.807, 2.05) is 0 Å². The zero-order valence-corrected chi connectivity index (χ0v) is 9.70. The molecule has 1 saturated heterocycles. The van der Waals surface area contributed by atoms with Crippen molar-refractivity contribution >= 4 is 0 Å². The lowest BCUT2D eigenvalue weighted by Crippen LogP contribution is -2.46. The van der Waals surface area contributed by atoms with Crippen LogP contribution in [0.2, 0.25) is 0 Å². The summed E-state index contributed by atoms with van der Waals surface area (Å²) in [6, 6.07) is 10.9. The summed E-state index contributed by atoms with van der Waals surface area (Å²) in [4.78, 5) is 0. The lowest BCUT2D eigenvalue weighted by Gasteiger charge is -2.40. The summed E-state index contributed by atoms with van der Waals surface area (Å²) < 4.78 is 5.27. The molecule has 1 aliphatic rings. The second-order valence-electron chi connectivity index (χ2n) is 4.55. The van der Waals surface area contributed by atoms with Gasteiger partial charge in [0.2, 0.25) is 0 Å². The third-order valence-electron chi connectivity index (χ3n) is 3.28. The molecule has 0 amide bonds. The molecule has 84 valence electrons. The van der Waals surface area contributed by atoms with Gasteiger partial charge in [0.05, 0.1) is 24.7 Å². The van der Waals surface area contributed by atoms with E-state index in [1.54, 1.807) is 0 Å². The number of aryl methyl sites for hydroxylation is 1. The molecule has 1 aromatic carbocycles. The summed E-state index contributed by atoms with van der Waals surface area (Å²) in [5.41, 5.74) is 2.60. The lowest BCUT2D eigenvalue weighted by atomic mass is 9.76. The van der Waals surface area contributed by atoms with Gasteiger partial charge in [-0.3, -0.25) is 0 Å². The van der Waals surface area contributed by atoms with E-state index in [-0.39, 0.29) is 5.41 Å². The summed E-state index contributed by atoms with van der Waals surface area (Å²) >= 11 is 0. The normalized spacial score (nSPS) is 17.5. The molecular weight excluding hydrogens is 198 g/mol. The van der Waals surface area contributed by atoms with E-state index in [0.29, 0.717) is 19.6 Å². The predicted molar refractivity (Wildman–Crippen MR) is 63.2 cm³/mol. The van der Waals surface area contributed by atoms with Crippen LogP contribution in [0, 0.1) is 11.3 Å². The summed E-state index contributed by atoms with van der Waals surface area (Å²) in [7, 11) is 0. The highest BCUT2D eigenvalue weighted by atomic mass is 16.5. The highest BCUT2D eigenvalue weighted by molar-refractivity contribution is 5.32. The fourth-order valence-corrected chi connectivity index (χ4v) is 2.18. The topological polar surface area (TPSA) is 33.0 Å². The summed E-state index contributed by atoms with van der Waals surface area (Å²) in [5.74, 6) is 0. The second-order valence-corrected chi connectivity index (χ2v) is 4.55. The zero-order chi connectivity index (χ0) is 11.4. The van der Waals surface area contributed by atoms with Gasteiger partial charge < -0.3 is 4.74 Å². The standard InChI is InChI=1S/C14H17NO/c1-2-3-12-4-6-13(7-5-12)14(8-9-15)10-16-11-14/h4-7H,2-3,8,10-11H2,1H3. The number of nitrogens with zero attached hydrogens (tertiary/aromatic N) is 1. The van der Waals surface area contributed by atoms with Gasteiger partial charge in [-0.15, -0.1) is 0 Å². The van der Waals surface area contributed by atoms with Gasteiger partial charge in [0.15, 0.2) is 0 Å². The van der Waals surface area contributed by atoms with Crippen molar-refractivity contribution in [3.63, 3.8) is 0 Å². The molecule has 16 heavy (non-hydrogen) atoms. The molecule has 2 nitrogen and oxygen atoms in total. The van der Waals surface area contributed by atoms with Crippen molar-refractivity contribution in [3.8, 4) is 6.07 Å². The number of benzene rings is 1. The summed E-state index contributed by atoms with van der Waals surface area (Å²) in [6.07, 6.45) is 2.86. The van der Waals surface area contributed by atoms with Gasteiger partial charge >= 0.3 is 0 Å². The Bertz CT molecular complexity index is 384. The van der Waals surface area contributed by atoms with Crippen molar-refractivity contribution in [1.29, 1.82) is 5.26 Å². The van der Waals surface area contributed by atoms with Crippen LogP contribution < -0.4 is 0 Å². The third-order valence-corrected chi connectivity index (χ3v) is 3.28. The average molecular weight is 215 g/mol. The van der Waals surface area contributed by atoms with Crippen LogP contribution in [0.4, 0.5) is 0 Å². The van der Waals surface area contributed by atoms with Gasteiger partial charge in [-0.25, -0.2) is 0 Å². The van der Waals surface area contributed by atoms with Crippen LogP contribution in [0.15, 0.2) is 24.3 Å². The number of hydrogen-bond donors (Lipinski definition) is 0. The van der Waals surface area contributed by atoms with Gasteiger partial charge in [-0.1, -0.05) is 37.6 Å². The summed E-state index contributed by atoms with van der Waals surface area (Å²) in [6.45, 7) is 3.56. The molecule has 0 saturated carbocycles. The van der Waals surface area contributed by atoms with Gasteiger partial charge in [0.25, 0.3) is 0 Å². The Morgan fingerprint density at radius 3 is 2.44 bits per heavy atom. The van der Waals surface area contributed by atoms with E-state index in [4.69, 9.17) is 10.00 Å². The molecule has 1 aliphatic heterocycles. The first-order valence-corrected chi connectivity index (χ1v) is 5.85. The quantitative estimate of drug-likeness (QED) is 0.773. The monoisotopic (exact) mass is 215 g/mol. The van der Waals surface area contributed by atoms with Crippen LogP contribution >= 0.6 is 0 Å². The second kappa shape index (κ2) is 4.67. The molecule has 0 N–H and O–H groups in total. The van der Waals surface area contributed by atoms with E-state index in [1.165, 1.54) is 17.5 Å². The van der Waals surface area contributed by atoms with Crippen LogP contribution in [0.5, 0.6) is 0 Å². The maximum Gasteiger partial charge on any atom is 0.0632 e. The molecule has 0 atom stereocenters. The molecule has 0 radical (unpaired) electrons. The van der Waals surface area contributed by atoms with E-state index >= 15 is 0 Å². The van der Waals surface area contributed by atoms with Crippen molar-refractivity contribution in [2.24, 2.45) is 0 Å². The minimum absolute atomic E-state index is 0.0283. The van der Waals surface area contributed by atoms with E-state index in [9.17, 15) is 0 Å². The number of ether oxygens (including phenoxy) is 1. The average Bonchev–Trinajstić information content (AvgIpc) is 2.25. The molecule has 1 aromatic rings. The predicted octanol–water partition coefficient (Wildman–Crippen LogP) is 2.82. The molecule has 0 bridgehead atoms. The van der Waals surface area contributed by atoms with Crippen molar-refractivity contribution in [3.05, 3.63) is 35.4 Å². The molecule has 0 spiro atoms. The highest BCUT2D eigenvalue weighted by Crippen LogP contribution is 2.35. The first kappa shape index (κ1) is 11.2. The largest absolute Gasteiger partial charge is 0.379 e. The number of nitriles is 1. The van der Waals surface area contributed by atoms with Crippen LogP contribution in [0.3, 0.4) is 0 Å². The summed E-state index contributed by atoms with van der Waals surface area (Å²) in [5, 5.41) is 8.86. The molecule has 2 rings (SSSR count). The van der Waals surface area contributed by atoms with Crippen molar-refractivity contribution < 1.29 is 4.74 Å². The SMILES string of the molecule is CCCc1ccc(C2(CC#N)COC2)cc1. The maximum absolute atomic E-state index is 8.86. The Labute approximate surface area is 96.9 Å². The van der Waals surface area contributed by atoms with Crippen molar-refractivity contribution in [2.45, 2.75) is 31.6 Å². The molecule has 0 aliphatic carbocycles. The fraction of sp³-hybridized carbons (Fsp3) is 0.500. The van der Waals surface area contributed by atoms with E-state index in [2.05, 4.69) is 37.3 Å². The Morgan fingerprint density at radius 2 is 2.00 bits per heavy atom. The molecule has 1 fully saturated rings. The van der Waals surface area contributed by atoms with Gasteiger partial charge in [-0.2, -0.15) is 5.26 Å². The first-order chi connectivity index (χ1) is 7.80. The van der Waals surface area contributed by atoms with E-state index < -0.39 is 0 Å². The Balaban J connectivity index is 2.17. The number of hydrogen-bond acceptors (Lipinski definition) is 2. The van der Waals surface area contributed by atoms with Crippen molar-refractivity contribution in [2.75, 3.05) is 13.2 Å². The van der Waals surface area contributed by atoms with Crippen LogP contribution in [0.25, 0.3) is 0 Å². The first-order valence-electron chi connectivity index (χ1n) is 5.85. The zero-order valence-electron chi connectivity index (χ0n) is 9.70. The van der Waals surface area contributed by atoms with Crippen LogP contribution in [-0.2, 0) is 16.6 Å². The molecule has 1 heterocycles. The highest BCUT2D eigenvalue weighted by Gasteiger charge is 2.40. The lowest BCUT2D eigenvalue weighted by molar-refractivity contribution is -0.0577. The Kier molecular flexibility index (Phi) is 3.26. The number of rotatable bonds is 4. The van der Waals surface area contributed by atoms with E-state index in [0.717, 1.165) is 6.42 Å². The van der Waals surface area contributed by atoms with Gasteiger partial charge in [-0.05, 0) is 17.5 Å². The van der Waals surface area contributed by atoms with Crippen LogP contribution in [0.1, 0.15) is 30.9 Å². The molecule has 0 unspecified atom stereocenters. The molecule has 2 heteroatoms.